The number of rotatable bonds is 2. The van der Waals surface area contributed by atoms with Crippen molar-refractivity contribution in [2.75, 3.05) is 0 Å². The SMILES string of the molecule is NC([C]=O)c1nnn[nH]1. The highest BCUT2D eigenvalue weighted by Gasteiger charge is 2.07. The second-order valence-electron chi connectivity index (χ2n) is 1.38. The van der Waals surface area contributed by atoms with E-state index in [9.17, 15) is 4.79 Å². The van der Waals surface area contributed by atoms with Crippen molar-refractivity contribution in [1.29, 1.82) is 0 Å². The Morgan fingerprint density at radius 3 is 3.00 bits per heavy atom. The lowest BCUT2D eigenvalue weighted by Gasteiger charge is -1.90. The van der Waals surface area contributed by atoms with Gasteiger partial charge in [-0.05, 0) is 10.4 Å². The second kappa shape index (κ2) is 2.31. The van der Waals surface area contributed by atoms with Crippen LogP contribution in [0.3, 0.4) is 0 Å². The molecule has 0 aromatic carbocycles. The van der Waals surface area contributed by atoms with E-state index in [0.717, 1.165) is 0 Å². The second-order valence-corrected chi connectivity index (χ2v) is 1.38. The number of nitrogens with zero attached hydrogens (tertiary/aromatic N) is 3. The lowest BCUT2D eigenvalue weighted by Crippen LogP contribution is -2.12. The zero-order valence-electron chi connectivity index (χ0n) is 4.40. The zero-order chi connectivity index (χ0) is 6.69. The van der Waals surface area contributed by atoms with Crippen LogP contribution in [-0.4, -0.2) is 26.9 Å². The Hall–Kier alpha value is -1.30. The molecule has 1 radical (unpaired) electrons. The Kier molecular flexibility index (Phi) is 1.50. The molecule has 0 fully saturated rings. The topological polar surface area (TPSA) is 97.6 Å². The number of aromatic nitrogens is 4. The average Bonchev–Trinajstić information content (AvgIpc) is 2.37. The molecule has 0 spiro atoms. The minimum Gasteiger partial charge on any atom is -0.315 e. The van der Waals surface area contributed by atoms with Crippen LogP contribution in [0.5, 0.6) is 0 Å². The fourth-order valence-corrected chi connectivity index (χ4v) is 0.354. The molecule has 1 atom stereocenters. The molecule has 0 aliphatic rings. The highest BCUT2D eigenvalue weighted by Crippen LogP contribution is 1.93. The molecule has 9 heavy (non-hydrogen) atoms. The van der Waals surface area contributed by atoms with Gasteiger partial charge in [0.05, 0.1) is 0 Å². The molecule has 0 aliphatic carbocycles. The largest absolute Gasteiger partial charge is 0.315 e. The lowest BCUT2D eigenvalue weighted by molar-refractivity contribution is 0.541. The van der Waals surface area contributed by atoms with Gasteiger partial charge in [0.15, 0.2) is 5.82 Å². The van der Waals surface area contributed by atoms with Gasteiger partial charge in [0, 0.05) is 0 Å². The number of nitrogens with two attached hydrogens (primary N) is 1. The molecule has 1 aromatic heterocycles. The Labute approximate surface area is 50.4 Å². The molecule has 6 nitrogen and oxygen atoms in total. The van der Waals surface area contributed by atoms with Crippen molar-refractivity contribution in [3.8, 4) is 0 Å². The van der Waals surface area contributed by atoms with Crippen LogP contribution < -0.4 is 5.73 Å². The summed E-state index contributed by atoms with van der Waals surface area (Å²) in [5.41, 5.74) is 5.14. The van der Waals surface area contributed by atoms with Gasteiger partial charge in [0.1, 0.15) is 6.04 Å². The molecule has 0 saturated heterocycles. The van der Waals surface area contributed by atoms with Gasteiger partial charge in [-0.2, -0.15) is 0 Å². The number of hydrogen-bond acceptors (Lipinski definition) is 5. The van der Waals surface area contributed by atoms with Gasteiger partial charge in [0.25, 0.3) is 0 Å². The van der Waals surface area contributed by atoms with E-state index >= 15 is 0 Å². The van der Waals surface area contributed by atoms with Crippen molar-refractivity contribution < 1.29 is 4.79 Å². The van der Waals surface area contributed by atoms with Crippen LogP contribution in [0, 0.1) is 0 Å². The summed E-state index contributed by atoms with van der Waals surface area (Å²) < 4.78 is 0. The molecule has 0 aliphatic heterocycles. The monoisotopic (exact) mass is 126 g/mol. The van der Waals surface area contributed by atoms with Crippen molar-refractivity contribution in [3.63, 3.8) is 0 Å². The van der Waals surface area contributed by atoms with E-state index in [0.29, 0.717) is 0 Å². The minimum atomic E-state index is -0.861. The predicted octanol–water partition coefficient (Wildman–Crippen LogP) is -1.69. The molecule has 0 bridgehead atoms. The first kappa shape index (κ1) is 5.83. The number of H-pyrrole nitrogens is 1. The van der Waals surface area contributed by atoms with Crippen LogP contribution in [0.25, 0.3) is 0 Å². The van der Waals surface area contributed by atoms with Crippen LogP contribution in [0.2, 0.25) is 0 Å². The highest BCUT2D eigenvalue weighted by molar-refractivity contribution is 5.59. The Morgan fingerprint density at radius 1 is 1.78 bits per heavy atom. The van der Waals surface area contributed by atoms with Crippen molar-refractivity contribution in [3.05, 3.63) is 5.82 Å². The Balaban J connectivity index is 2.76. The van der Waals surface area contributed by atoms with Crippen LogP contribution in [-0.2, 0) is 4.79 Å². The normalized spacial score (nSPS) is 13.0. The van der Waals surface area contributed by atoms with E-state index in [1.165, 1.54) is 6.29 Å². The van der Waals surface area contributed by atoms with E-state index in [-0.39, 0.29) is 5.82 Å². The third kappa shape index (κ3) is 1.08. The summed E-state index contributed by atoms with van der Waals surface area (Å²) >= 11 is 0. The number of nitrogens with one attached hydrogen (secondary N) is 1. The van der Waals surface area contributed by atoms with Crippen LogP contribution in [0.15, 0.2) is 0 Å². The van der Waals surface area contributed by atoms with Crippen molar-refractivity contribution >= 4 is 6.29 Å². The standard InChI is InChI=1S/C3H4N5O/c4-2(1-9)3-5-7-8-6-3/h2H,4H2,(H,5,6,7,8). The van der Waals surface area contributed by atoms with E-state index in [1.54, 1.807) is 0 Å². The quantitative estimate of drug-likeness (QED) is 0.492. The molecule has 1 aromatic rings. The predicted molar refractivity (Wildman–Crippen MR) is 26.8 cm³/mol. The Bertz CT molecular complexity index is 182. The van der Waals surface area contributed by atoms with Gasteiger partial charge in [0.2, 0.25) is 6.29 Å². The van der Waals surface area contributed by atoms with E-state index in [2.05, 4.69) is 20.6 Å². The van der Waals surface area contributed by atoms with Crippen molar-refractivity contribution in [1.82, 2.24) is 20.6 Å². The first-order chi connectivity index (χ1) is 4.34. The lowest BCUT2D eigenvalue weighted by atomic mass is 10.3. The van der Waals surface area contributed by atoms with E-state index < -0.39 is 6.04 Å². The maximum absolute atomic E-state index is 9.84. The van der Waals surface area contributed by atoms with Gasteiger partial charge in [-0.15, -0.1) is 5.10 Å². The maximum Gasteiger partial charge on any atom is 0.225 e. The minimum absolute atomic E-state index is 0.227. The average molecular weight is 126 g/mol. The zero-order valence-corrected chi connectivity index (χ0v) is 4.40. The van der Waals surface area contributed by atoms with E-state index in [4.69, 9.17) is 5.73 Å². The maximum atomic E-state index is 9.84. The number of tetrazole rings is 1. The molecule has 1 unspecified atom stereocenters. The summed E-state index contributed by atoms with van der Waals surface area (Å²) in [7, 11) is 0. The van der Waals surface area contributed by atoms with Gasteiger partial charge >= 0.3 is 0 Å². The van der Waals surface area contributed by atoms with Crippen molar-refractivity contribution in [2.24, 2.45) is 5.73 Å². The van der Waals surface area contributed by atoms with Gasteiger partial charge in [-0.1, -0.05) is 0 Å². The third-order valence-corrected chi connectivity index (χ3v) is 0.783. The fourth-order valence-electron chi connectivity index (χ4n) is 0.354. The van der Waals surface area contributed by atoms with Crippen molar-refractivity contribution in [2.45, 2.75) is 6.04 Å². The molecule has 0 amide bonds. The summed E-state index contributed by atoms with van der Waals surface area (Å²) in [6.07, 6.45) is 1.52. The summed E-state index contributed by atoms with van der Waals surface area (Å²) in [5, 5.41) is 12.1. The first-order valence-electron chi connectivity index (χ1n) is 2.21. The molecular formula is C3H4N5O. The number of aromatic amines is 1. The van der Waals surface area contributed by atoms with Crippen LogP contribution in [0.4, 0.5) is 0 Å². The number of carbonyl (C=O) groups excluding carboxylic acids is 1. The fraction of sp³-hybridized carbons (Fsp3) is 0.333. The molecular weight excluding hydrogens is 122 g/mol. The number of hydrogen-bond donors (Lipinski definition) is 2. The molecule has 3 N–H and O–H groups in total. The van der Waals surface area contributed by atoms with Gasteiger partial charge < -0.3 is 5.73 Å². The molecule has 47 valence electrons. The van der Waals surface area contributed by atoms with Gasteiger partial charge in [-0.3, -0.25) is 4.79 Å². The third-order valence-electron chi connectivity index (χ3n) is 0.783. The molecule has 6 heteroatoms. The molecule has 1 rings (SSSR count). The van der Waals surface area contributed by atoms with Crippen LogP contribution in [0.1, 0.15) is 11.9 Å². The summed E-state index contributed by atoms with van der Waals surface area (Å²) in [4.78, 5) is 9.84. The first-order valence-corrected chi connectivity index (χ1v) is 2.21. The summed E-state index contributed by atoms with van der Waals surface area (Å²) in [6.45, 7) is 0. The summed E-state index contributed by atoms with van der Waals surface area (Å²) in [5.74, 6) is 0.227. The highest BCUT2D eigenvalue weighted by atomic mass is 16.1. The Morgan fingerprint density at radius 2 is 2.56 bits per heavy atom. The van der Waals surface area contributed by atoms with E-state index in [1.807, 2.05) is 0 Å². The van der Waals surface area contributed by atoms with Gasteiger partial charge in [-0.25, -0.2) is 5.10 Å². The molecule has 0 saturated carbocycles. The smallest absolute Gasteiger partial charge is 0.225 e. The molecule has 1 heterocycles. The summed E-state index contributed by atoms with van der Waals surface area (Å²) in [6, 6.07) is -0.861. The van der Waals surface area contributed by atoms with Crippen LogP contribution >= 0.6 is 0 Å².